The largest absolute Gasteiger partial charge is 0.368 e. The Bertz CT molecular complexity index is 670. The maximum Gasteiger partial charge on any atom is 0.240 e. The van der Waals surface area contributed by atoms with Crippen LogP contribution in [0.4, 0.5) is 11.6 Å². The predicted molar refractivity (Wildman–Crippen MR) is 87.9 cm³/mol. The molecule has 0 saturated carbocycles. The molecule has 1 amide bonds. The van der Waals surface area contributed by atoms with Gasteiger partial charge in [0.25, 0.3) is 0 Å². The molecule has 0 aliphatic carbocycles. The number of nitrogens with two attached hydrogens (primary N) is 1. The van der Waals surface area contributed by atoms with E-state index in [1.54, 1.807) is 0 Å². The molecule has 1 atom stereocenters. The van der Waals surface area contributed by atoms with Crippen molar-refractivity contribution in [1.29, 1.82) is 0 Å². The van der Waals surface area contributed by atoms with Gasteiger partial charge in [-0.15, -0.1) is 10.2 Å². The van der Waals surface area contributed by atoms with Gasteiger partial charge in [0, 0.05) is 18.3 Å². The third kappa shape index (κ3) is 2.68. The number of rotatable bonds is 4. The van der Waals surface area contributed by atoms with Crippen LogP contribution < -0.4 is 10.6 Å². The number of hydrogen-bond acceptors (Lipinski definition) is 5. The van der Waals surface area contributed by atoms with Crippen molar-refractivity contribution in [3.63, 3.8) is 0 Å². The van der Waals surface area contributed by atoms with Gasteiger partial charge >= 0.3 is 0 Å². The molecule has 1 aromatic heterocycles. The SMILES string of the molecule is CC(C)n1c(N)nnc1SC1CCN(c2ccccc2)C1=O. The van der Waals surface area contributed by atoms with Gasteiger partial charge in [-0.25, -0.2) is 0 Å². The number of aromatic nitrogens is 3. The van der Waals surface area contributed by atoms with E-state index in [2.05, 4.69) is 10.2 Å². The number of thioether (sulfide) groups is 1. The molecule has 1 saturated heterocycles. The van der Waals surface area contributed by atoms with Crippen LogP contribution in [-0.2, 0) is 4.79 Å². The average molecular weight is 317 g/mol. The molecule has 1 aromatic carbocycles. The molecule has 22 heavy (non-hydrogen) atoms. The van der Waals surface area contributed by atoms with Crippen molar-refractivity contribution in [2.45, 2.75) is 36.7 Å². The fourth-order valence-electron chi connectivity index (χ4n) is 2.61. The Hall–Kier alpha value is -2.02. The minimum atomic E-state index is -0.138. The van der Waals surface area contributed by atoms with E-state index in [0.717, 1.165) is 18.7 Å². The van der Waals surface area contributed by atoms with Crippen LogP contribution in [0, 0.1) is 0 Å². The van der Waals surface area contributed by atoms with Gasteiger partial charge in [-0.2, -0.15) is 0 Å². The zero-order valence-corrected chi connectivity index (χ0v) is 13.5. The summed E-state index contributed by atoms with van der Waals surface area (Å²) in [6.07, 6.45) is 0.795. The highest BCUT2D eigenvalue weighted by Gasteiger charge is 2.34. The maximum atomic E-state index is 12.6. The number of amides is 1. The van der Waals surface area contributed by atoms with Crippen LogP contribution >= 0.6 is 11.8 Å². The molecular weight excluding hydrogens is 298 g/mol. The highest BCUT2D eigenvalue weighted by molar-refractivity contribution is 8.00. The summed E-state index contributed by atoms with van der Waals surface area (Å²) in [6, 6.07) is 9.92. The van der Waals surface area contributed by atoms with Crippen LogP contribution in [0.25, 0.3) is 0 Å². The molecule has 2 N–H and O–H groups in total. The van der Waals surface area contributed by atoms with E-state index in [1.165, 1.54) is 11.8 Å². The lowest BCUT2D eigenvalue weighted by atomic mass is 10.3. The van der Waals surface area contributed by atoms with Gasteiger partial charge in [0.05, 0.1) is 5.25 Å². The van der Waals surface area contributed by atoms with Gasteiger partial charge in [0.2, 0.25) is 11.9 Å². The molecule has 1 fully saturated rings. The Kier molecular flexibility index (Phi) is 4.06. The summed E-state index contributed by atoms with van der Waals surface area (Å²) in [7, 11) is 0. The molecular formula is C15H19N5OS. The van der Waals surface area contributed by atoms with Crippen LogP contribution in [0.3, 0.4) is 0 Å². The third-order valence-corrected chi connectivity index (χ3v) is 4.89. The Labute approximate surface area is 133 Å². The molecule has 7 heteroatoms. The van der Waals surface area contributed by atoms with E-state index >= 15 is 0 Å². The van der Waals surface area contributed by atoms with E-state index in [4.69, 9.17) is 5.73 Å². The molecule has 1 aliphatic rings. The monoisotopic (exact) mass is 317 g/mol. The second kappa shape index (κ2) is 6.00. The lowest BCUT2D eigenvalue weighted by Crippen LogP contribution is -2.28. The molecule has 116 valence electrons. The number of hydrogen-bond donors (Lipinski definition) is 1. The summed E-state index contributed by atoms with van der Waals surface area (Å²) in [4.78, 5) is 14.4. The Morgan fingerprint density at radius 3 is 2.68 bits per heavy atom. The fourth-order valence-corrected chi connectivity index (χ4v) is 3.82. The lowest BCUT2D eigenvalue weighted by Gasteiger charge is -2.17. The number of benzene rings is 1. The molecule has 0 bridgehead atoms. The smallest absolute Gasteiger partial charge is 0.240 e. The summed E-state index contributed by atoms with van der Waals surface area (Å²) < 4.78 is 1.86. The van der Waals surface area contributed by atoms with Crippen LogP contribution in [0.2, 0.25) is 0 Å². The number of anilines is 2. The van der Waals surface area contributed by atoms with Crippen molar-refractivity contribution in [1.82, 2.24) is 14.8 Å². The van der Waals surface area contributed by atoms with Gasteiger partial charge in [-0.1, -0.05) is 30.0 Å². The zero-order chi connectivity index (χ0) is 15.7. The third-order valence-electron chi connectivity index (χ3n) is 3.68. The number of para-hydroxylation sites is 1. The van der Waals surface area contributed by atoms with E-state index < -0.39 is 0 Å². The molecule has 1 aliphatic heterocycles. The van der Waals surface area contributed by atoms with Gasteiger partial charge < -0.3 is 10.6 Å². The highest BCUT2D eigenvalue weighted by atomic mass is 32.2. The first-order valence-electron chi connectivity index (χ1n) is 7.31. The molecule has 3 rings (SSSR count). The zero-order valence-electron chi connectivity index (χ0n) is 12.6. The topological polar surface area (TPSA) is 77.0 Å². The molecule has 2 heterocycles. The van der Waals surface area contributed by atoms with E-state index in [9.17, 15) is 4.79 Å². The van der Waals surface area contributed by atoms with Crippen molar-refractivity contribution in [2.75, 3.05) is 17.2 Å². The van der Waals surface area contributed by atoms with Crippen molar-refractivity contribution < 1.29 is 4.79 Å². The van der Waals surface area contributed by atoms with Crippen LogP contribution in [0.1, 0.15) is 26.3 Å². The quantitative estimate of drug-likeness (QED) is 0.936. The highest BCUT2D eigenvalue weighted by Crippen LogP contribution is 2.33. The standard InChI is InChI=1S/C15H19N5OS/c1-10(2)20-14(16)17-18-15(20)22-12-8-9-19(13(12)21)11-6-4-3-5-7-11/h3-7,10,12H,8-9H2,1-2H3,(H2,16,17). The Morgan fingerprint density at radius 2 is 2.00 bits per heavy atom. The number of nitrogen functional groups attached to an aromatic ring is 1. The minimum Gasteiger partial charge on any atom is -0.368 e. The second-order valence-electron chi connectivity index (χ2n) is 5.53. The first-order valence-corrected chi connectivity index (χ1v) is 8.19. The van der Waals surface area contributed by atoms with Crippen LogP contribution in [-0.4, -0.2) is 32.5 Å². The fraction of sp³-hybridized carbons (Fsp3) is 0.400. The van der Waals surface area contributed by atoms with E-state index in [-0.39, 0.29) is 17.2 Å². The summed E-state index contributed by atoms with van der Waals surface area (Å²) in [5, 5.41) is 8.61. The average Bonchev–Trinajstić information content (AvgIpc) is 3.04. The maximum absolute atomic E-state index is 12.6. The normalized spacial score (nSPS) is 18.4. The van der Waals surface area contributed by atoms with Gasteiger partial charge in [0.15, 0.2) is 5.16 Å². The second-order valence-corrected chi connectivity index (χ2v) is 6.70. The van der Waals surface area contributed by atoms with E-state index in [1.807, 2.05) is 53.6 Å². The number of nitrogens with zero attached hydrogens (tertiary/aromatic N) is 4. The molecule has 0 spiro atoms. The Morgan fingerprint density at radius 1 is 1.27 bits per heavy atom. The summed E-state index contributed by atoms with van der Waals surface area (Å²) in [5.74, 6) is 0.510. The summed E-state index contributed by atoms with van der Waals surface area (Å²) >= 11 is 1.45. The minimum absolute atomic E-state index is 0.119. The Balaban J connectivity index is 1.77. The summed E-state index contributed by atoms with van der Waals surface area (Å²) in [5.41, 5.74) is 6.80. The molecule has 2 aromatic rings. The lowest BCUT2D eigenvalue weighted by molar-refractivity contribution is -0.116. The number of carbonyl (C=O) groups excluding carboxylic acids is 1. The van der Waals surface area contributed by atoms with Gasteiger partial charge in [0.1, 0.15) is 0 Å². The van der Waals surface area contributed by atoms with Crippen molar-refractivity contribution in [2.24, 2.45) is 0 Å². The summed E-state index contributed by atoms with van der Waals surface area (Å²) in [6.45, 7) is 4.78. The van der Waals surface area contributed by atoms with E-state index in [0.29, 0.717) is 11.1 Å². The van der Waals surface area contributed by atoms with Gasteiger partial charge in [-0.05, 0) is 32.4 Å². The van der Waals surface area contributed by atoms with Crippen molar-refractivity contribution in [3.8, 4) is 0 Å². The number of carbonyl (C=O) groups is 1. The first kappa shape index (κ1) is 14.9. The first-order chi connectivity index (χ1) is 10.6. The molecule has 6 nitrogen and oxygen atoms in total. The van der Waals surface area contributed by atoms with Crippen molar-refractivity contribution in [3.05, 3.63) is 30.3 Å². The van der Waals surface area contributed by atoms with Crippen LogP contribution in [0.5, 0.6) is 0 Å². The molecule has 0 radical (unpaired) electrons. The van der Waals surface area contributed by atoms with Crippen LogP contribution in [0.15, 0.2) is 35.5 Å². The van der Waals surface area contributed by atoms with Crippen molar-refractivity contribution >= 4 is 29.3 Å². The predicted octanol–water partition coefficient (Wildman–Crippen LogP) is 2.34. The molecule has 1 unspecified atom stereocenters. The van der Waals surface area contributed by atoms with Gasteiger partial charge in [-0.3, -0.25) is 9.36 Å².